The van der Waals surface area contributed by atoms with E-state index < -0.39 is 29.2 Å². The molecule has 0 unspecified atom stereocenters. The minimum absolute atomic E-state index is 0.260. The van der Waals surface area contributed by atoms with Gasteiger partial charge in [-0.1, -0.05) is 24.3 Å². The topological polar surface area (TPSA) is 37.4 Å². The van der Waals surface area contributed by atoms with Gasteiger partial charge < -0.3 is 0 Å². The number of amides is 2. The van der Waals surface area contributed by atoms with Crippen LogP contribution >= 0.6 is 0 Å². The number of aryl methyl sites for hydroxylation is 2. The molecule has 3 nitrogen and oxygen atoms in total. The van der Waals surface area contributed by atoms with Gasteiger partial charge in [-0.2, -0.15) is 13.2 Å². The van der Waals surface area contributed by atoms with Crippen molar-refractivity contribution in [3.8, 4) is 0 Å². The molecule has 116 valence electrons. The van der Waals surface area contributed by atoms with Crippen molar-refractivity contribution in [3.05, 3.63) is 64.2 Å². The molecule has 0 saturated carbocycles. The first-order valence-electron chi connectivity index (χ1n) is 7.09. The van der Waals surface area contributed by atoms with Gasteiger partial charge in [0.05, 0.1) is 22.4 Å². The van der Waals surface area contributed by atoms with Crippen molar-refractivity contribution in [1.82, 2.24) is 0 Å². The fourth-order valence-corrected chi connectivity index (χ4v) is 3.31. The predicted molar refractivity (Wildman–Crippen MR) is 76.4 cm³/mol. The Morgan fingerprint density at radius 3 is 1.83 bits per heavy atom. The molecule has 0 radical (unpaired) electrons. The molecule has 1 aliphatic heterocycles. The van der Waals surface area contributed by atoms with Gasteiger partial charge in [-0.25, -0.2) is 4.90 Å². The lowest BCUT2D eigenvalue weighted by Gasteiger charge is -2.19. The summed E-state index contributed by atoms with van der Waals surface area (Å²) in [6, 6.07) is 8.18. The minimum atomic E-state index is -4.64. The number of nitrogens with zero attached hydrogens (tertiary/aromatic N) is 1. The Balaban J connectivity index is 1.92. The van der Waals surface area contributed by atoms with Crippen molar-refractivity contribution >= 4 is 17.5 Å². The standard InChI is InChI=1S/C17H10F3NO2/c18-17(19,20)11-3-1-2-4-12(11)21-15(22)13-9-5-6-10(8-7-9)14(13)16(21)23/h1-6H,7-8H2. The molecule has 3 aliphatic rings. The van der Waals surface area contributed by atoms with E-state index in [9.17, 15) is 22.8 Å². The third kappa shape index (κ3) is 1.84. The zero-order valence-corrected chi connectivity index (χ0v) is 11.8. The molecule has 0 N–H and O–H groups in total. The Bertz CT molecular complexity index is 828. The van der Waals surface area contributed by atoms with Crippen LogP contribution in [0.4, 0.5) is 18.9 Å². The normalized spacial score (nSPS) is 16.2. The van der Waals surface area contributed by atoms with Gasteiger partial charge in [0.15, 0.2) is 0 Å². The number of halogens is 3. The second kappa shape index (κ2) is 4.44. The predicted octanol–water partition coefficient (Wildman–Crippen LogP) is 3.60. The van der Waals surface area contributed by atoms with E-state index in [4.69, 9.17) is 0 Å². The fraction of sp³-hybridized carbons (Fsp3) is 0.176. The van der Waals surface area contributed by atoms with Crippen LogP contribution in [0, 0.1) is 0 Å². The Hall–Kier alpha value is -2.63. The summed E-state index contributed by atoms with van der Waals surface area (Å²) in [6.07, 6.45) is -3.37. The van der Waals surface area contributed by atoms with E-state index in [0.717, 1.165) is 23.3 Å². The summed E-state index contributed by atoms with van der Waals surface area (Å²) in [6.45, 7) is 0. The summed E-state index contributed by atoms with van der Waals surface area (Å²) in [5, 5.41) is 0. The van der Waals surface area contributed by atoms with E-state index in [0.29, 0.717) is 17.7 Å². The molecule has 6 heteroatoms. The SMILES string of the molecule is O=C1c2c3ccc(c2C(=O)N1c1ccccc1C(F)(F)F)CC3. The Morgan fingerprint density at radius 2 is 1.35 bits per heavy atom. The Kier molecular flexibility index (Phi) is 2.70. The van der Waals surface area contributed by atoms with Gasteiger partial charge in [0.1, 0.15) is 0 Å². The third-order valence-corrected chi connectivity index (χ3v) is 4.33. The number of hydrogen-bond acceptors (Lipinski definition) is 2. The number of carbonyl (C=O) groups is 2. The number of benzene rings is 2. The van der Waals surface area contributed by atoms with E-state index in [-0.39, 0.29) is 11.1 Å². The lowest BCUT2D eigenvalue weighted by Crippen LogP contribution is -2.31. The highest BCUT2D eigenvalue weighted by atomic mass is 19.4. The number of anilines is 1. The van der Waals surface area contributed by atoms with Gasteiger partial charge in [0.25, 0.3) is 11.8 Å². The van der Waals surface area contributed by atoms with Gasteiger partial charge in [-0.3, -0.25) is 9.59 Å². The maximum atomic E-state index is 13.2. The quantitative estimate of drug-likeness (QED) is 0.754. The molecule has 0 saturated heterocycles. The van der Waals surface area contributed by atoms with E-state index in [1.807, 2.05) is 0 Å². The number of alkyl halides is 3. The van der Waals surface area contributed by atoms with Crippen molar-refractivity contribution < 1.29 is 22.8 Å². The highest BCUT2D eigenvalue weighted by Gasteiger charge is 2.45. The van der Waals surface area contributed by atoms with E-state index in [1.165, 1.54) is 12.1 Å². The van der Waals surface area contributed by atoms with Crippen LogP contribution < -0.4 is 4.90 Å². The average molecular weight is 317 g/mol. The van der Waals surface area contributed by atoms with Gasteiger partial charge in [0.2, 0.25) is 0 Å². The molecule has 2 aromatic carbocycles. The molecule has 2 amide bonds. The zero-order chi connectivity index (χ0) is 16.4. The second-order valence-corrected chi connectivity index (χ2v) is 5.59. The average Bonchev–Trinajstić information content (AvgIpc) is 2.81. The second-order valence-electron chi connectivity index (χ2n) is 5.59. The van der Waals surface area contributed by atoms with Crippen molar-refractivity contribution in [2.75, 3.05) is 4.90 Å². The summed E-state index contributed by atoms with van der Waals surface area (Å²) in [5.41, 5.74) is 0.564. The molecule has 1 heterocycles. The van der Waals surface area contributed by atoms with Crippen LogP contribution in [0.25, 0.3) is 0 Å². The molecule has 2 aromatic rings. The van der Waals surface area contributed by atoms with Crippen LogP contribution in [0.1, 0.15) is 37.4 Å². The monoisotopic (exact) mass is 317 g/mol. The summed E-state index contributed by atoms with van der Waals surface area (Å²) in [5.74, 6) is -1.34. The molecule has 0 atom stereocenters. The van der Waals surface area contributed by atoms with Crippen LogP contribution in [0.15, 0.2) is 36.4 Å². The van der Waals surface area contributed by atoms with Gasteiger partial charge in [0, 0.05) is 0 Å². The van der Waals surface area contributed by atoms with Crippen LogP contribution in [-0.2, 0) is 19.0 Å². The van der Waals surface area contributed by atoms with Crippen molar-refractivity contribution in [3.63, 3.8) is 0 Å². The maximum absolute atomic E-state index is 13.2. The summed E-state index contributed by atoms with van der Waals surface area (Å²) >= 11 is 0. The van der Waals surface area contributed by atoms with Gasteiger partial charge in [-0.15, -0.1) is 0 Å². The summed E-state index contributed by atoms with van der Waals surface area (Å²) in [7, 11) is 0. The van der Waals surface area contributed by atoms with E-state index >= 15 is 0 Å². The number of fused-ring (bicyclic) bond motifs is 2. The first-order valence-corrected chi connectivity index (χ1v) is 7.09. The van der Waals surface area contributed by atoms with Crippen LogP contribution in [0.2, 0.25) is 0 Å². The largest absolute Gasteiger partial charge is 0.418 e. The number of para-hydroxylation sites is 1. The highest BCUT2D eigenvalue weighted by molar-refractivity contribution is 6.35. The van der Waals surface area contributed by atoms with Crippen molar-refractivity contribution in [1.29, 1.82) is 0 Å². The molecule has 0 spiro atoms. The Morgan fingerprint density at radius 1 is 0.826 bits per heavy atom. The fourth-order valence-electron chi connectivity index (χ4n) is 3.31. The third-order valence-electron chi connectivity index (χ3n) is 4.33. The van der Waals surface area contributed by atoms with Gasteiger partial charge >= 0.3 is 6.18 Å². The number of carbonyl (C=O) groups excluding carboxylic acids is 2. The highest BCUT2D eigenvalue weighted by Crippen LogP contribution is 2.41. The van der Waals surface area contributed by atoms with E-state index in [1.54, 1.807) is 12.1 Å². The zero-order valence-electron chi connectivity index (χ0n) is 11.8. The number of rotatable bonds is 1. The van der Waals surface area contributed by atoms with Crippen molar-refractivity contribution in [2.45, 2.75) is 19.0 Å². The van der Waals surface area contributed by atoms with Crippen LogP contribution in [0.5, 0.6) is 0 Å². The molecule has 23 heavy (non-hydrogen) atoms. The first-order chi connectivity index (χ1) is 10.9. The first kappa shape index (κ1) is 14.0. The van der Waals surface area contributed by atoms with Crippen LogP contribution in [-0.4, -0.2) is 11.8 Å². The maximum Gasteiger partial charge on any atom is 0.418 e. The van der Waals surface area contributed by atoms with Gasteiger partial charge in [-0.05, 0) is 36.1 Å². The van der Waals surface area contributed by atoms with E-state index in [2.05, 4.69) is 0 Å². The molecule has 2 aliphatic carbocycles. The molecular formula is C17H10F3NO2. The number of imide groups is 1. The smallest absolute Gasteiger partial charge is 0.268 e. The van der Waals surface area contributed by atoms with Crippen molar-refractivity contribution in [2.24, 2.45) is 0 Å². The molecule has 0 fully saturated rings. The lowest BCUT2D eigenvalue weighted by atomic mass is 9.86. The lowest BCUT2D eigenvalue weighted by molar-refractivity contribution is -0.137. The molecule has 0 aromatic heterocycles. The Labute approximate surface area is 129 Å². The molecular weight excluding hydrogens is 307 g/mol. The minimum Gasteiger partial charge on any atom is -0.268 e. The number of hydrogen-bond donors (Lipinski definition) is 0. The summed E-state index contributed by atoms with van der Waals surface area (Å²) < 4.78 is 39.6. The molecule has 5 rings (SSSR count). The summed E-state index contributed by atoms with van der Waals surface area (Å²) in [4.78, 5) is 25.9. The van der Waals surface area contributed by atoms with Crippen LogP contribution in [0.3, 0.4) is 0 Å². The molecule has 2 bridgehead atoms.